The quantitative estimate of drug-likeness (QED) is 0.744. The van der Waals surface area contributed by atoms with E-state index in [4.69, 9.17) is 5.73 Å². The summed E-state index contributed by atoms with van der Waals surface area (Å²) in [4.78, 5) is 12.7. The largest absolute Gasteiger partial charge is 0.411 e. The molecule has 0 aliphatic carbocycles. The van der Waals surface area contributed by atoms with Gasteiger partial charge in [0, 0.05) is 19.1 Å². The Morgan fingerprint density at radius 1 is 1.53 bits per heavy atom. The fourth-order valence-electron chi connectivity index (χ4n) is 1.36. The molecule has 0 radical (unpaired) electrons. The van der Waals surface area contributed by atoms with Gasteiger partial charge in [0.25, 0.3) is 0 Å². The molecular weight excluding hydrogens is 213 g/mol. The summed E-state index contributed by atoms with van der Waals surface area (Å²) in [5, 5.41) is 0. The van der Waals surface area contributed by atoms with E-state index in [-0.39, 0.29) is 6.04 Å². The van der Waals surface area contributed by atoms with E-state index in [2.05, 4.69) is 4.74 Å². The fourth-order valence-corrected chi connectivity index (χ4v) is 1.36. The number of halogens is 3. The van der Waals surface area contributed by atoms with Crippen LogP contribution in [-0.4, -0.2) is 49.3 Å². The minimum Gasteiger partial charge on any atom is -0.362 e. The first kappa shape index (κ1) is 12.3. The first-order valence-corrected chi connectivity index (χ1v) is 4.56. The number of hydrogen-bond acceptors (Lipinski definition) is 3. The van der Waals surface area contributed by atoms with Crippen LogP contribution in [0.4, 0.5) is 13.2 Å². The third-order valence-electron chi connectivity index (χ3n) is 2.07. The Morgan fingerprint density at radius 3 is 2.67 bits per heavy atom. The second-order valence-corrected chi connectivity index (χ2v) is 3.50. The second kappa shape index (κ2) is 4.80. The van der Waals surface area contributed by atoms with Crippen molar-refractivity contribution in [2.45, 2.75) is 18.6 Å². The van der Waals surface area contributed by atoms with E-state index in [1.54, 1.807) is 0 Å². The molecule has 1 amide bonds. The normalized spacial score (nSPS) is 22.1. The molecule has 0 aromatic heterocycles. The zero-order valence-corrected chi connectivity index (χ0v) is 8.09. The highest BCUT2D eigenvalue weighted by molar-refractivity contribution is 5.77. The number of hydrogen-bond donors (Lipinski definition) is 1. The lowest BCUT2D eigenvalue weighted by molar-refractivity contribution is -0.177. The number of nitrogens with two attached hydrogens (primary N) is 1. The van der Waals surface area contributed by atoms with Crippen LogP contribution < -0.4 is 5.73 Å². The molecule has 7 heteroatoms. The lowest BCUT2D eigenvalue weighted by Gasteiger charge is -2.16. The Kier molecular flexibility index (Phi) is 3.92. The van der Waals surface area contributed by atoms with Crippen molar-refractivity contribution >= 4 is 5.91 Å². The molecule has 1 rings (SSSR count). The van der Waals surface area contributed by atoms with Gasteiger partial charge in [-0.1, -0.05) is 0 Å². The molecule has 1 fully saturated rings. The Hall–Kier alpha value is -0.820. The number of alkyl halides is 3. The minimum absolute atomic E-state index is 0.0726. The summed E-state index contributed by atoms with van der Waals surface area (Å²) in [7, 11) is 0. The Bertz CT molecular complexity index is 232. The molecule has 0 aromatic rings. The summed E-state index contributed by atoms with van der Waals surface area (Å²) in [6.07, 6.45) is -3.70. The first-order valence-electron chi connectivity index (χ1n) is 4.56. The molecular formula is C8H13F3N2O2. The first-order chi connectivity index (χ1) is 6.88. The van der Waals surface area contributed by atoms with Crippen LogP contribution in [-0.2, 0) is 9.53 Å². The molecule has 4 nitrogen and oxygen atoms in total. The average Bonchev–Trinajstić information content (AvgIpc) is 2.49. The van der Waals surface area contributed by atoms with Crippen molar-refractivity contribution in [2.24, 2.45) is 5.73 Å². The Balaban J connectivity index is 2.19. The molecule has 1 aliphatic heterocycles. The molecule has 0 spiro atoms. The lowest BCUT2D eigenvalue weighted by Crippen LogP contribution is -2.35. The van der Waals surface area contributed by atoms with Crippen molar-refractivity contribution < 1.29 is 22.7 Å². The summed E-state index contributed by atoms with van der Waals surface area (Å²) in [5.41, 5.74) is 5.55. The second-order valence-electron chi connectivity index (χ2n) is 3.50. The monoisotopic (exact) mass is 226 g/mol. The number of carbonyl (C=O) groups is 1. The molecule has 15 heavy (non-hydrogen) atoms. The predicted octanol–water partition coefficient (Wildman–Crippen LogP) is 0.125. The summed E-state index contributed by atoms with van der Waals surface area (Å²) in [6.45, 7) is -1.03. The van der Waals surface area contributed by atoms with Crippen molar-refractivity contribution in [1.29, 1.82) is 0 Å². The fraction of sp³-hybridized carbons (Fsp3) is 0.875. The van der Waals surface area contributed by atoms with Gasteiger partial charge in [-0.15, -0.1) is 0 Å². The van der Waals surface area contributed by atoms with Crippen molar-refractivity contribution in [3.05, 3.63) is 0 Å². The van der Waals surface area contributed by atoms with E-state index in [0.717, 1.165) is 0 Å². The maximum atomic E-state index is 11.7. The standard InChI is InChI=1S/C8H13F3N2O2/c9-8(10,11)5-15-4-7(14)13-2-1-6(12)3-13/h6H,1-5,12H2/t6-/m0/s1. The SMILES string of the molecule is N[C@H]1CCN(C(=O)COCC(F)(F)F)C1. The number of rotatable bonds is 3. The topological polar surface area (TPSA) is 55.6 Å². The molecule has 0 aromatic carbocycles. The Morgan fingerprint density at radius 2 is 2.20 bits per heavy atom. The summed E-state index contributed by atoms with van der Waals surface area (Å²) < 4.78 is 39.3. The molecule has 2 N–H and O–H groups in total. The van der Waals surface area contributed by atoms with Gasteiger partial charge < -0.3 is 15.4 Å². The number of nitrogens with zero attached hydrogens (tertiary/aromatic N) is 1. The van der Waals surface area contributed by atoms with E-state index >= 15 is 0 Å². The minimum atomic E-state index is -4.39. The van der Waals surface area contributed by atoms with Crippen molar-refractivity contribution in [2.75, 3.05) is 26.3 Å². The Labute approximate surface area is 85.2 Å². The van der Waals surface area contributed by atoms with Gasteiger partial charge in [-0.25, -0.2) is 0 Å². The third-order valence-corrected chi connectivity index (χ3v) is 2.07. The van der Waals surface area contributed by atoms with Crippen LogP contribution in [0.25, 0.3) is 0 Å². The van der Waals surface area contributed by atoms with E-state index in [1.807, 2.05) is 0 Å². The highest BCUT2D eigenvalue weighted by Crippen LogP contribution is 2.14. The van der Waals surface area contributed by atoms with Gasteiger partial charge in [-0.2, -0.15) is 13.2 Å². The van der Waals surface area contributed by atoms with Crippen LogP contribution in [0.5, 0.6) is 0 Å². The smallest absolute Gasteiger partial charge is 0.362 e. The van der Waals surface area contributed by atoms with Gasteiger partial charge in [0.1, 0.15) is 13.2 Å². The van der Waals surface area contributed by atoms with Gasteiger partial charge in [0.15, 0.2) is 0 Å². The average molecular weight is 226 g/mol. The molecule has 1 atom stereocenters. The van der Waals surface area contributed by atoms with Crippen LogP contribution in [0.3, 0.4) is 0 Å². The summed E-state index contributed by atoms with van der Waals surface area (Å²) >= 11 is 0. The van der Waals surface area contributed by atoms with Gasteiger partial charge in [-0.05, 0) is 6.42 Å². The van der Waals surface area contributed by atoms with E-state index in [1.165, 1.54) is 4.90 Å². The number of amides is 1. The molecule has 88 valence electrons. The van der Waals surface area contributed by atoms with E-state index in [9.17, 15) is 18.0 Å². The highest BCUT2D eigenvalue weighted by Gasteiger charge is 2.29. The predicted molar refractivity (Wildman–Crippen MR) is 46.0 cm³/mol. The lowest BCUT2D eigenvalue weighted by atomic mass is 10.3. The van der Waals surface area contributed by atoms with Crippen molar-refractivity contribution in [3.63, 3.8) is 0 Å². The maximum Gasteiger partial charge on any atom is 0.411 e. The van der Waals surface area contributed by atoms with Crippen molar-refractivity contribution in [1.82, 2.24) is 4.90 Å². The van der Waals surface area contributed by atoms with Crippen LogP contribution in [0.1, 0.15) is 6.42 Å². The van der Waals surface area contributed by atoms with Gasteiger partial charge in [0.05, 0.1) is 0 Å². The zero-order chi connectivity index (χ0) is 11.5. The molecule has 1 aliphatic rings. The summed E-state index contributed by atoms with van der Waals surface area (Å²) in [6, 6.07) is -0.0726. The van der Waals surface area contributed by atoms with Crippen molar-refractivity contribution in [3.8, 4) is 0 Å². The van der Waals surface area contributed by atoms with E-state index < -0.39 is 25.3 Å². The van der Waals surface area contributed by atoms with Crippen LogP contribution >= 0.6 is 0 Å². The van der Waals surface area contributed by atoms with Crippen LogP contribution in [0.15, 0.2) is 0 Å². The van der Waals surface area contributed by atoms with Gasteiger partial charge in [-0.3, -0.25) is 4.79 Å². The number of likely N-dealkylation sites (tertiary alicyclic amines) is 1. The van der Waals surface area contributed by atoms with Gasteiger partial charge in [0.2, 0.25) is 5.91 Å². The highest BCUT2D eigenvalue weighted by atomic mass is 19.4. The number of carbonyl (C=O) groups excluding carboxylic acids is 1. The molecule has 1 heterocycles. The summed E-state index contributed by atoms with van der Waals surface area (Å²) in [5.74, 6) is -0.438. The zero-order valence-electron chi connectivity index (χ0n) is 8.09. The molecule has 1 saturated heterocycles. The molecule has 0 saturated carbocycles. The maximum absolute atomic E-state index is 11.7. The molecule has 0 bridgehead atoms. The third kappa shape index (κ3) is 4.48. The molecule has 0 unspecified atom stereocenters. The van der Waals surface area contributed by atoms with Crippen LogP contribution in [0.2, 0.25) is 0 Å². The van der Waals surface area contributed by atoms with Crippen LogP contribution in [0, 0.1) is 0 Å². The van der Waals surface area contributed by atoms with Gasteiger partial charge >= 0.3 is 6.18 Å². The van der Waals surface area contributed by atoms with E-state index in [0.29, 0.717) is 19.5 Å². The number of ether oxygens (including phenoxy) is 1.